The second-order valence-corrected chi connectivity index (χ2v) is 5.60. The van der Waals surface area contributed by atoms with Crippen LogP contribution in [0.5, 0.6) is 0 Å². The van der Waals surface area contributed by atoms with Crippen LogP contribution in [0.1, 0.15) is 34.1 Å². The van der Waals surface area contributed by atoms with E-state index in [1.54, 1.807) is 7.11 Å². The monoisotopic (exact) mass is 215 g/mol. The number of hydrogen-bond donors (Lipinski definition) is 2. The lowest BCUT2D eigenvalue weighted by Crippen LogP contribution is -2.63. The van der Waals surface area contributed by atoms with Crippen LogP contribution in [0.15, 0.2) is 0 Å². The molecule has 3 unspecified atom stereocenters. The molecule has 1 fully saturated rings. The van der Waals surface area contributed by atoms with Crippen molar-refractivity contribution in [3.8, 4) is 0 Å². The van der Waals surface area contributed by atoms with Crippen LogP contribution in [0, 0.1) is 11.3 Å². The molecule has 0 amide bonds. The van der Waals surface area contributed by atoms with Crippen molar-refractivity contribution in [3.63, 3.8) is 0 Å². The molecular formula is C12H25NO2. The minimum absolute atomic E-state index is 0.000874. The van der Waals surface area contributed by atoms with Gasteiger partial charge in [0.05, 0.1) is 12.7 Å². The maximum Gasteiger partial charge on any atom is 0.0621 e. The van der Waals surface area contributed by atoms with Crippen molar-refractivity contribution in [2.75, 3.05) is 13.7 Å². The van der Waals surface area contributed by atoms with Crippen molar-refractivity contribution in [3.05, 3.63) is 0 Å². The normalized spacial score (nSPS) is 31.4. The predicted molar refractivity (Wildman–Crippen MR) is 61.8 cm³/mol. The Hall–Kier alpha value is -0.120. The molecule has 90 valence electrons. The number of methoxy groups -OCH3 is 1. The fraction of sp³-hybridized carbons (Fsp3) is 1.00. The van der Waals surface area contributed by atoms with Gasteiger partial charge in [-0.25, -0.2) is 0 Å². The molecule has 0 bridgehead atoms. The van der Waals surface area contributed by atoms with Gasteiger partial charge in [0, 0.05) is 24.6 Å². The predicted octanol–water partition coefficient (Wildman–Crippen LogP) is 1.41. The van der Waals surface area contributed by atoms with Gasteiger partial charge in [0.2, 0.25) is 0 Å². The SMILES string of the molecule is COCC(NC1CC(O)C1(C)C)C(C)C. The first-order chi connectivity index (χ1) is 6.89. The summed E-state index contributed by atoms with van der Waals surface area (Å²) in [5.41, 5.74) is 0.000874. The Bertz CT molecular complexity index is 202. The molecule has 3 nitrogen and oxygen atoms in total. The molecule has 1 rings (SSSR count). The lowest BCUT2D eigenvalue weighted by atomic mass is 9.64. The number of ether oxygens (including phenoxy) is 1. The van der Waals surface area contributed by atoms with Crippen molar-refractivity contribution in [1.82, 2.24) is 5.32 Å². The van der Waals surface area contributed by atoms with E-state index in [-0.39, 0.29) is 11.5 Å². The van der Waals surface area contributed by atoms with Crippen molar-refractivity contribution in [2.45, 2.75) is 52.3 Å². The summed E-state index contributed by atoms with van der Waals surface area (Å²) in [5, 5.41) is 13.2. The van der Waals surface area contributed by atoms with Crippen LogP contribution in [0.4, 0.5) is 0 Å². The minimum Gasteiger partial charge on any atom is -0.392 e. The first kappa shape index (κ1) is 12.9. The molecule has 0 saturated heterocycles. The lowest BCUT2D eigenvalue weighted by molar-refractivity contribution is -0.0801. The molecule has 3 heteroatoms. The quantitative estimate of drug-likeness (QED) is 0.728. The summed E-state index contributed by atoms with van der Waals surface area (Å²) < 4.78 is 5.20. The van der Waals surface area contributed by atoms with Crippen LogP contribution in [-0.2, 0) is 4.74 Å². The van der Waals surface area contributed by atoms with Crippen LogP contribution >= 0.6 is 0 Å². The molecule has 0 radical (unpaired) electrons. The summed E-state index contributed by atoms with van der Waals surface area (Å²) in [4.78, 5) is 0. The average molecular weight is 215 g/mol. The number of nitrogens with one attached hydrogen (secondary N) is 1. The van der Waals surface area contributed by atoms with Crippen LogP contribution in [0.2, 0.25) is 0 Å². The van der Waals surface area contributed by atoms with Gasteiger partial charge in [0.15, 0.2) is 0 Å². The van der Waals surface area contributed by atoms with Crippen LogP contribution < -0.4 is 5.32 Å². The Balaban J connectivity index is 2.46. The zero-order chi connectivity index (χ0) is 11.6. The van der Waals surface area contributed by atoms with Crippen molar-refractivity contribution >= 4 is 0 Å². The van der Waals surface area contributed by atoms with E-state index in [4.69, 9.17) is 4.74 Å². The Kier molecular flexibility index (Phi) is 4.15. The molecule has 1 aliphatic carbocycles. The van der Waals surface area contributed by atoms with E-state index in [2.05, 4.69) is 33.0 Å². The molecule has 0 aliphatic heterocycles. The molecule has 0 aromatic carbocycles. The molecule has 0 heterocycles. The van der Waals surface area contributed by atoms with E-state index < -0.39 is 0 Å². The highest BCUT2D eigenvalue weighted by atomic mass is 16.5. The third-order valence-electron chi connectivity index (χ3n) is 3.78. The number of hydrogen-bond acceptors (Lipinski definition) is 3. The summed E-state index contributed by atoms with van der Waals surface area (Å²) in [5.74, 6) is 0.554. The molecule has 0 spiro atoms. The Labute approximate surface area is 93.2 Å². The van der Waals surface area contributed by atoms with Gasteiger partial charge in [0.1, 0.15) is 0 Å². The van der Waals surface area contributed by atoms with E-state index in [9.17, 15) is 5.11 Å². The maximum atomic E-state index is 9.66. The maximum absolute atomic E-state index is 9.66. The summed E-state index contributed by atoms with van der Waals surface area (Å²) >= 11 is 0. The first-order valence-electron chi connectivity index (χ1n) is 5.82. The average Bonchev–Trinajstić information content (AvgIpc) is 2.15. The summed E-state index contributed by atoms with van der Waals surface area (Å²) in [6, 6.07) is 0.793. The van der Waals surface area contributed by atoms with Gasteiger partial charge >= 0.3 is 0 Å². The van der Waals surface area contributed by atoms with Gasteiger partial charge in [-0.15, -0.1) is 0 Å². The molecule has 3 atom stereocenters. The topological polar surface area (TPSA) is 41.5 Å². The van der Waals surface area contributed by atoms with E-state index in [1.165, 1.54) is 0 Å². The molecule has 0 aromatic rings. The smallest absolute Gasteiger partial charge is 0.0621 e. The summed E-state index contributed by atoms with van der Waals surface area (Å²) in [7, 11) is 1.73. The zero-order valence-corrected chi connectivity index (χ0v) is 10.6. The van der Waals surface area contributed by atoms with E-state index in [0.717, 1.165) is 13.0 Å². The standard InChI is InChI=1S/C12H25NO2/c1-8(2)9(7-15-5)13-10-6-11(14)12(10,3)4/h8-11,13-14H,6-7H2,1-5H3. The van der Waals surface area contributed by atoms with Gasteiger partial charge in [-0.1, -0.05) is 27.7 Å². The van der Waals surface area contributed by atoms with Crippen LogP contribution in [-0.4, -0.2) is 37.0 Å². The van der Waals surface area contributed by atoms with Crippen LogP contribution in [0.25, 0.3) is 0 Å². The molecule has 15 heavy (non-hydrogen) atoms. The van der Waals surface area contributed by atoms with Crippen molar-refractivity contribution < 1.29 is 9.84 Å². The Morgan fingerprint density at radius 2 is 2.07 bits per heavy atom. The molecular weight excluding hydrogens is 190 g/mol. The van der Waals surface area contributed by atoms with E-state index in [1.807, 2.05) is 0 Å². The van der Waals surface area contributed by atoms with Gasteiger partial charge in [-0.05, 0) is 12.3 Å². The van der Waals surface area contributed by atoms with E-state index >= 15 is 0 Å². The molecule has 1 saturated carbocycles. The second kappa shape index (κ2) is 4.81. The highest BCUT2D eigenvalue weighted by molar-refractivity contribution is 5.02. The number of rotatable bonds is 5. The first-order valence-corrected chi connectivity index (χ1v) is 5.82. The van der Waals surface area contributed by atoms with Crippen molar-refractivity contribution in [1.29, 1.82) is 0 Å². The fourth-order valence-corrected chi connectivity index (χ4v) is 2.06. The molecule has 0 aromatic heterocycles. The van der Waals surface area contributed by atoms with Crippen molar-refractivity contribution in [2.24, 2.45) is 11.3 Å². The largest absolute Gasteiger partial charge is 0.392 e. The Morgan fingerprint density at radius 1 is 1.47 bits per heavy atom. The summed E-state index contributed by atoms with van der Waals surface area (Å²) in [6.07, 6.45) is 0.699. The second-order valence-electron chi connectivity index (χ2n) is 5.60. The number of aliphatic hydroxyl groups excluding tert-OH is 1. The summed E-state index contributed by atoms with van der Waals surface area (Å²) in [6.45, 7) is 9.35. The number of aliphatic hydroxyl groups is 1. The van der Waals surface area contributed by atoms with Gasteiger partial charge in [-0.2, -0.15) is 0 Å². The van der Waals surface area contributed by atoms with E-state index in [0.29, 0.717) is 18.0 Å². The minimum atomic E-state index is -0.162. The highest BCUT2D eigenvalue weighted by Crippen LogP contribution is 2.40. The zero-order valence-electron chi connectivity index (χ0n) is 10.6. The van der Waals surface area contributed by atoms with Gasteiger partial charge in [-0.3, -0.25) is 0 Å². The third kappa shape index (κ3) is 2.71. The van der Waals surface area contributed by atoms with Gasteiger partial charge < -0.3 is 15.2 Å². The third-order valence-corrected chi connectivity index (χ3v) is 3.78. The highest BCUT2D eigenvalue weighted by Gasteiger charge is 2.47. The Morgan fingerprint density at radius 3 is 2.40 bits per heavy atom. The van der Waals surface area contributed by atoms with Gasteiger partial charge in [0.25, 0.3) is 0 Å². The fourth-order valence-electron chi connectivity index (χ4n) is 2.06. The molecule has 1 aliphatic rings. The molecule has 2 N–H and O–H groups in total. The lowest BCUT2D eigenvalue weighted by Gasteiger charge is -2.51. The van der Waals surface area contributed by atoms with Crippen LogP contribution in [0.3, 0.4) is 0 Å².